The summed E-state index contributed by atoms with van der Waals surface area (Å²) >= 11 is 0. The number of nitrogens with one attached hydrogen (secondary N) is 2. The summed E-state index contributed by atoms with van der Waals surface area (Å²) in [5.74, 6) is 1.37. The summed E-state index contributed by atoms with van der Waals surface area (Å²) in [6.07, 6.45) is 2.53. The van der Waals surface area contributed by atoms with Gasteiger partial charge in [-0.25, -0.2) is 4.98 Å². The van der Waals surface area contributed by atoms with E-state index in [0.29, 0.717) is 12.4 Å². The van der Waals surface area contributed by atoms with Crippen LogP contribution in [-0.4, -0.2) is 17.4 Å². The van der Waals surface area contributed by atoms with Gasteiger partial charge in [0.15, 0.2) is 0 Å². The van der Waals surface area contributed by atoms with E-state index in [1.54, 1.807) is 6.20 Å². The predicted octanol–water partition coefficient (Wildman–Crippen LogP) is 2.27. The molecule has 2 N–H and O–H groups in total. The maximum Gasteiger partial charge on any atom is 0.238 e. The van der Waals surface area contributed by atoms with Crippen molar-refractivity contribution in [3.63, 3.8) is 0 Å². The highest BCUT2D eigenvalue weighted by atomic mass is 16.4. The number of carbonyl (C=O) groups excluding carboxylic acids is 1. The molecule has 0 spiro atoms. The molecule has 0 aliphatic rings. The summed E-state index contributed by atoms with van der Waals surface area (Å²) in [6.45, 7) is 4.68. The number of anilines is 1. The zero-order valence-corrected chi connectivity index (χ0v) is 11.8. The highest BCUT2D eigenvalue weighted by Gasteiger charge is 2.05. The summed E-state index contributed by atoms with van der Waals surface area (Å²) in [5, 5.41) is 5.82. The van der Waals surface area contributed by atoms with E-state index in [1.165, 1.54) is 0 Å². The second kappa shape index (κ2) is 6.86. The molecule has 20 heavy (non-hydrogen) atoms. The average Bonchev–Trinajstić information content (AvgIpc) is 2.89. The molecule has 5 heteroatoms. The van der Waals surface area contributed by atoms with Gasteiger partial charge < -0.3 is 9.73 Å². The van der Waals surface area contributed by atoms with E-state index in [4.69, 9.17) is 4.42 Å². The molecule has 1 heterocycles. The fraction of sp³-hybridized carbons (Fsp3) is 0.333. The first-order chi connectivity index (χ1) is 9.67. The van der Waals surface area contributed by atoms with Gasteiger partial charge >= 0.3 is 0 Å². The van der Waals surface area contributed by atoms with Gasteiger partial charge in [0, 0.05) is 12.1 Å². The van der Waals surface area contributed by atoms with Crippen LogP contribution in [0.1, 0.15) is 24.1 Å². The van der Waals surface area contributed by atoms with Gasteiger partial charge in [0.2, 0.25) is 11.8 Å². The standard InChI is InChI=1S/C15H19N3O2/c1-3-13-8-17-15(20-13)10-16-9-14(19)18-12-6-4-11(2)5-7-12/h4-8,16H,3,9-10H2,1-2H3,(H,18,19). The molecular weight excluding hydrogens is 254 g/mol. The lowest BCUT2D eigenvalue weighted by atomic mass is 10.2. The maximum absolute atomic E-state index is 11.7. The zero-order valence-electron chi connectivity index (χ0n) is 11.8. The van der Waals surface area contributed by atoms with E-state index in [-0.39, 0.29) is 12.5 Å². The van der Waals surface area contributed by atoms with Gasteiger partial charge in [-0.15, -0.1) is 0 Å². The van der Waals surface area contributed by atoms with Crippen molar-refractivity contribution in [2.24, 2.45) is 0 Å². The van der Waals surface area contributed by atoms with E-state index in [9.17, 15) is 4.79 Å². The number of carbonyl (C=O) groups is 1. The normalized spacial score (nSPS) is 10.5. The van der Waals surface area contributed by atoms with Crippen molar-refractivity contribution in [3.05, 3.63) is 47.7 Å². The van der Waals surface area contributed by atoms with Crippen LogP contribution >= 0.6 is 0 Å². The Balaban J connectivity index is 1.73. The molecule has 0 radical (unpaired) electrons. The van der Waals surface area contributed by atoms with Gasteiger partial charge in [-0.3, -0.25) is 10.1 Å². The lowest BCUT2D eigenvalue weighted by molar-refractivity contribution is -0.115. The molecule has 106 valence electrons. The van der Waals surface area contributed by atoms with Crippen LogP contribution in [0, 0.1) is 6.92 Å². The molecule has 0 atom stereocenters. The Labute approximate surface area is 118 Å². The Morgan fingerprint density at radius 3 is 2.70 bits per heavy atom. The quantitative estimate of drug-likeness (QED) is 0.847. The topological polar surface area (TPSA) is 67.2 Å². The third kappa shape index (κ3) is 4.20. The second-order valence-electron chi connectivity index (χ2n) is 4.59. The van der Waals surface area contributed by atoms with Gasteiger partial charge in [0.25, 0.3) is 0 Å². The highest BCUT2D eigenvalue weighted by molar-refractivity contribution is 5.92. The number of hydrogen-bond donors (Lipinski definition) is 2. The van der Waals surface area contributed by atoms with Crippen LogP contribution in [0.3, 0.4) is 0 Å². The number of rotatable bonds is 6. The van der Waals surface area contributed by atoms with E-state index in [1.807, 2.05) is 38.1 Å². The molecule has 0 unspecified atom stereocenters. The number of aromatic nitrogens is 1. The molecule has 0 bridgehead atoms. The van der Waals surface area contributed by atoms with Crippen molar-refractivity contribution in [1.29, 1.82) is 0 Å². The number of aryl methyl sites for hydroxylation is 2. The average molecular weight is 273 g/mol. The lowest BCUT2D eigenvalue weighted by Crippen LogP contribution is -2.27. The Morgan fingerprint density at radius 1 is 1.30 bits per heavy atom. The minimum absolute atomic E-state index is 0.0869. The Morgan fingerprint density at radius 2 is 2.05 bits per heavy atom. The predicted molar refractivity (Wildman–Crippen MR) is 77.4 cm³/mol. The minimum atomic E-state index is -0.0869. The number of nitrogens with zero attached hydrogens (tertiary/aromatic N) is 1. The van der Waals surface area contributed by atoms with Gasteiger partial charge in [0.05, 0.1) is 19.3 Å². The molecule has 0 saturated heterocycles. The van der Waals surface area contributed by atoms with Gasteiger partial charge in [-0.2, -0.15) is 0 Å². The smallest absolute Gasteiger partial charge is 0.238 e. The summed E-state index contributed by atoms with van der Waals surface area (Å²) in [7, 11) is 0. The maximum atomic E-state index is 11.7. The summed E-state index contributed by atoms with van der Waals surface area (Å²) in [5.41, 5.74) is 1.96. The highest BCUT2D eigenvalue weighted by Crippen LogP contribution is 2.08. The summed E-state index contributed by atoms with van der Waals surface area (Å²) in [4.78, 5) is 15.8. The first kappa shape index (κ1) is 14.3. The van der Waals surface area contributed by atoms with Crippen LogP contribution in [-0.2, 0) is 17.8 Å². The number of amides is 1. The Bertz CT molecular complexity index is 561. The molecule has 0 aliphatic carbocycles. The van der Waals surface area contributed by atoms with Crippen LogP contribution in [0.5, 0.6) is 0 Å². The number of benzene rings is 1. The van der Waals surface area contributed by atoms with E-state index in [0.717, 1.165) is 23.4 Å². The SMILES string of the molecule is CCc1cnc(CNCC(=O)Nc2ccc(C)cc2)o1. The van der Waals surface area contributed by atoms with Crippen molar-refractivity contribution in [2.75, 3.05) is 11.9 Å². The van der Waals surface area contributed by atoms with Crippen molar-refractivity contribution < 1.29 is 9.21 Å². The molecular formula is C15H19N3O2. The lowest BCUT2D eigenvalue weighted by Gasteiger charge is -2.05. The largest absolute Gasteiger partial charge is 0.444 e. The van der Waals surface area contributed by atoms with Crippen LogP contribution in [0.25, 0.3) is 0 Å². The third-order valence-corrected chi connectivity index (χ3v) is 2.85. The molecule has 1 aromatic carbocycles. The second-order valence-corrected chi connectivity index (χ2v) is 4.59. The molecule has 1 aromatic heterocycles. The van der Waals surface area contributed by atoms with Crippen molar-refractivity contribution in [1.82, 2.24) is 10.3 Å². The molecule has 2 aromatic rings. The van der Waals surface area contributed by atoms with E-state index < -0.39 is 0 Å². The van der Waals surface area contributed by atoms with E-state index >= 15 is 0 Å². The molecule has 5 nitrogen and oxygen atoms in total. The van der Waals surface area contributed by atoms with Gasteiger partial charge in [-0.05, 0) is 19.1 Å². The fourth-order valence-electron chi connectivity index (χ4n) is 1.72. The first-order valence-electron chi connectivity index (χ1n) is 6.68. The summed E-state index contributed by atoms with van der Waals surface area (Å²) < 4.78 is 5.44. The number of hydrogen-bond acceptors (Lipinski definition) is 4. The zero-order chi connectivity index (χ0) is 14.4. The monoisotopic (exact) mass is 273 g/mol. The molecule has 0 fully saturated rings. The third-order valence-electron chi connectivity index (χ3n) is 2.85. The van der Waals surface area contributed by atoms with Crippen LogP contribution in [0.4, 0.5) is 5.69 Å². The molecule has 0 saturated carbocycles. The van der Waals surface area contributed by atoms with Crippen molar-refractivity contribution in [2.45, 2.75) is 26.8 Å². The fourth-order valence-corrected chi connectivity index (χ4v) is 1.72. The molecule has 0 aliphatic heterocycles. The first-order valence-corrected chi connectivity index (χ1v) is 6.68. The van der Waals surface area contributed by atoms with Crippen LogP contribution < -0.4 is 10.6 Å². The van der Waals surface area contributed by atoms with Gasteiger partial charge in [0.1, 0.15) is 5.76 Å². The van der Waals surface area contributed by atoms with Crippen LogP contribution in [0.2, 0.25) is 0 Å². The number of oxazole rings is 1. The molecule has 1 amide bonds. The Hall–Kier alpha value is -2.14. The molecule has 2 rings (SSSR count). The van der Waals surface area contributed by atoms with Crippen LogP contribution in [0.15, 0.2) is 34.9 Å². The van der Waals surface area contributed by atoms with E-state index in [2.05, 4.69) is 15.6 Å². The Kier molecular flexibility index (Phi) is 4.90. The summed E-state index contributed by atoms with van der Waals surface area (Å²) in [6, 6.07) is 7.69. The van der Waals surface area contributed by atoms with Crippen molar-refractivity contribution >= 4 is 11.6 Å². The minimum Gasteiger partial charge on any atom is -0.444 e. The van der Waals surface area contributed by atoms with Gasteiger partial charge in [-0.1, -0.05) is 24.6 Å². The van der Waals surface area contributed by atoms with Crippen molar-refractivity contribution in [3.8, 4) is 0 Å².